The number of thiophene rings is 1. The minimum Gasteiger partial charge on any atom is -0.338 e. The van der Waals surface area contributed by atoms with Crippen LogP contribution in [0.5, 0.6) is 0 Å². The molecule has 3 aromatic rings. The standard InChI is InChI=1S/C20H19N3OS/c1-14(16-8-6-15(12-21)7-9-16)23-20(24)22-11-10-17-13-25-19-5-3-2-4-18(17)19/h2-9,13-14H,10-11H2,1H3,(H2,22,23,24). The molecule has 3 rings (SSSR count). The van der Waals surface area contributed by atoms with Crippen molar-refractivity contribution in [2.24, 2.45) is 0 Å². The summed E-state index contributed by atoms with van der Waals surface area (Å²) in [5.74, 6) is 0. The molecule has 4 nitrogen and oxygen atoms in total. The molecule has 1 aromatic heterocycles. The highest BCUT2D eigenvalue weighted by molar-refractivity contribution is 7.17. The van der Waals surface area contributed by atoms with Gasteiger partial charge in [-0.3, -0.25) is 0 Å². The smallest absolute Gasteiger partial charge is 0.315 e. The quantitative estimate of drug-likeness (QED) is 0.718. The fourth-order valence-electron chi connectivity index (χ4n) is 2.71. The van der Waals surface area contributed by atoms with E-state index in [1.807, 2.05) is 31.2 Å². The van der Waals surface area contributed by atoms with Gasteiger partial charge in [0.2, 0.25) is 0 Å². The van der Waals surface area contributed by atoms with E-state index in [4.69, 9.17) is 5.26 Å². The SMILES string of the molecule is CC(NC(=O)NCCc1csc2ccccc12)c1ccc(C#N)cc1. The number of fused-ring (bicyclic) bond motifs is 1. The van der Waals surface area contributed by atoms with Gasteiger partial charge in [0.25, 0.3) is 0 Å². The number of rotatable bonds is 5. The van der Waals surface area contributed by atoms with Crippen LogP contribution < -0.4 is 10.6 Å². The van der Waals surface area contributed by atoms with Gasteiger partial charge >= 0.3 is 6.03 Å². The average Bonchev–Trinajstić information content (AvgIpc) is 3.05. The van der Waals surface area contributed by atoms with E-state index in [1.54, 1.807) is 23.5 Å². The number of benzene rings is 2. The Kier molecular flexibility index (Phi) is 5.32. The minimum absolute atomic E-state index is 0.116. The predicted octanol–water partition coefficient (Wildman–Crippen LogP) is 4.38. The molecule has 5 heteroatoms. The van der Waals surface area contributed by atoms with E-state index in [0.29, 0.717) is 12.1 Å². The summed E-state index contributed by atoms with van der Waals surface area (Å²) in [6.45, 7) is 2.51. The van der Waals surface area contributed by atoms with Crippen molar-refractivity contribution >= 4 is 27.5 Å². The number of carbonyl (C=O) groups excluding carboxylic acids is 1. The van der Waals surface area contributed by atoms with Crippen LogP contribution in [0.4, 0.5) is 4.79 Å². The first-order valence-electron chi connectivity index (χ1n) is 8.17. The van der Waals surface area contributed by atoms with Gasteiger partial charge < -0.3 is 10.6 Å². The molecule has 25 heavy (non-hydrogen) atoms. The largest absolute Gasteiger partial charge is 0.338 e. The predicted molar refractivity (Wildman–Crippen MR) is 102 cm³/mol. The highest BCUT2D eigenvalue weighted by atomic mass is 32.1. The molecule has 0 aliphatic heterocycles. The zero-order chi connectivity index (χ0) is 17.6. The Morgan fingerprint density at radius 1 is 1.20 bits per heavy atom. The lowest BCUT2D eigenvalue weighted by Gasteiger charge is -2.15. The lowest BCUT2D eigenvalue weighted by atomic mass is 10.1. The topological polar surface area (TPSA) is 64.9 Å². The number of amides is 2. The molecular formula is C20H19N3OS. The monoisotopic (exact) mass is 349 g/mol. The number of nitriles is 1. The molecule has 1 atom stereocenters. The van der Waals surface area contributed by atoms with Crippen LogP contribution in [0.15, 0.2) is 53.9 Å². The first kappa shape index (κ1) is 17.0. The molecule has 0 spiro atoms. The fourth-order valence-corrected chi connectivity index (χ4v) is 3.71. The number of carbonyl (C=O) groups is 1. The van der Waals surface area contributed by atoms with E-state index in [0.717, 1.165) is 12.0 Å². The van der Waals surface area contributed by atoms with Crippen LogP contribution in [-0.4, -0.2) is 12.6 Å². The highest BCUT2D eigenvalue weighted by Crippen LogP contribution is 2.25. The molecule has 0 saturated carbocycles. The van der Waals surface area contributed by atoms with Gasteiger partial charge in [0, 0.05) is 11.2 Å². The molecule has 0 aliphatic rings. The van der Waals surface area contributed by atoms with Gasteiger partial charge in [-0.15, -0.1) is 11.3 Å². The van der Waals surface area contributed by atoms with Gasteiger partial charge in [-0.25, -0.2) is 4.79 Å². The maximum atomic E-state index is 12.1. The van der Waals surface area contributed by atoms with Crippen molar-refractivity contribution in [1.82, 2.24) is 10.6 Å². The van der Waals surface area contributed by atoms with Crippen molar-refractivity contribution in [2.75, 3.05) is 6.54 Å². The number of hydrogen-bond acceptors (Lipinski definition) is 3. The summed E-state index contributed by atoms with van der Waals surface area (Å²) >= 11 is 1.73. The van der Waals surface area contributed by atoms with Crippen LogP contribution in [0.3, 0.4) is 0 Å². The summed E-state index contributed by atoms with van der Waals surface area (Å²) in [6.07, 6.45) is 0.808. The molecule has 0 bridgehead atoms. The summed E-state index contributed by atoms with van der Waals surface area (Å²) in [4.78, 5) is 12.1. The Bertz CT molecular complexity index is 909. The van der Waals surface area contributed by atoms with Gasteiger partial charge in [0.05, 0.1) is 17.7 Å². The number of hydrogen-bond donors (Lipinski definition) is 2. The van der Waals surface area contributed by atoms with E-state index < -0.39 is 0 Å². The maximum absolute atomic E-state index is 12.1. The Balaban J connectivity index is 1.50. The van der Waals surface area contributed by atoms with Crippen LogP contribution in [-0.2, 0) is 6.42 Å². The minimum atomic E-state index is -0.184. The Labute approximate surface area is 151 Å². The summed E-state index contributed by atoms with van der Waals surface area (Å²) in [6, 6.07) is 17.3. The molecule has 0 aliphatic carbocycles. The van der Waals surface area contributed by atoms with Crippen molar-refractivity contribution in [2.45, 2.75) is 19.4 Å². The van der Waals surface area contributed by atoms with Gasteiger partial charge in [-0.1, -0.05) is 30.3 Å². The van der Waals surface area contributed by atoms with E-state index in [9.17, 15) is 4.79 Å². The third-order valence-corrected chi connectivity index (χ3v) is 5.14. The third kappa shape index (κ3) is 4.17. The van der Waals surface area contributed by atoms with Crippen LogP contribution in [0.2, 0.25) is 0 Å². The molecule has 126 valence electrons. The van der Waals surface area contributed by atoms with E-state index in [-0.39, 0.29) is 12.1 Å². The van der Waals surface area contributed by atoms with Crippen LogP contribution >= 0.6 is 11.3 Å². The molecule has 0 fully saturated rings. The first-order chi connectivity index (χ1) is 12.2. The Morgan fingerprint density at radius 2 is 1.96 bits per heavy atom. The zero-order valence-electron chi connectivity index (χ0n) is 14.0. The molecule has 2 N–H and O–H groups in total. The number of nitrogens with one attached hydrogen (secondary N) is 2. The van der Waals surface area contributed by atoms with Crippen molar-refractivity contribution in [1.29, 1.82) is 5.26 Å². The van der Waals surface area contributed by atoms with Crippen molar-refractivity contribution in [3.63, 3.8) is 0 Å². The summed E-state index contributed by atoms with van der Waals surface area (Å²) in [5, 5.41) is 18.1. The van der Waals surface area contributed by atoms with E-state index in [1.165, 1.54) is 15.6 Å². The molecule has 1 unspecified atom stereocenters. The summed E-state index contributed by atoms with van der Waals surface area (Å²) in [5.41, 5.74) is 2.85. The van der Waals surface area contributed by atoms with Crippen LogP contribution in [0.1, 0.15) is 29.7 Å². The zero-order valence-corrected chi connectivity index (χ0v) is 14.8. The van der Waals surface area contributed by atoms with Gasteiger partial charge in [-0.2, -0.15) is 5.26 Å². The summed E-state index contributed by atoms with van der Waals surface area (Å²) < 4.78 is 1.27. The maximum Gasteiger partial charge on any atom is 0.315 e. The highest BCUT2D eigenvalue weighted by Gasteiger charge is 2.09. The van der Waals surface area contributed by atoms with E-state index in [2.05, 4.69) is 34.2 Å². The van der Waals surface area contributed by atoms with Crippen LogP contribution in [0, 0.1) is 11.3 Å². The van der Waals surface area contributed by atoms with Gasteiger partial charge in [-0.05, 0) is 53.4 Å². The Hall–Kier alpha value is -2.84. The van der Waals surface area contributed by atoms with Crippen molar-refractivity contribution in [3.8, 4) is 6.07 Å². The second-order valence-electron chi connectivity index (χ2n) is 5.86. The fraction of sp³-hybridized carbons (Fsp3) is 0.200. The second kappa shape index (κ2) is 7.82. The van der Waals surface area contributed by atoms with Crippen molar-refractivity contribution < 1.29 is 4.79 Å². The van der Waals surface area contributed by atoms with Crippen molar-refractivity contribution in [3.05, 3.63) is 70.6 Å². The molecule has 2 aromatic carbocycles. The second-order valence-corrected chi connectivity index (χ2v) is 6.77. The number of urea groups is 1. The average molecular weight is 349 g/mol. The van der Waals surface area contributed by atoms with Crippen LogP contribution in [0.25, 0.3) is 10.1 Å². The lowest BCUT2D eigenvalue weighted by Crippen LogP contribution is -2.38. The molecule has 0 saturated heterocycles. The molecule has 2 amide bonds. The summed E-state index contributed by atoms with van der Waals surface area (Å²) in [7, 11) is 0. The molecule has 0 radical (unpaired) electrons. The molecule has 1 heterocycles. The normalized spacial score (nSPS) is 11.7. The van der Waals surface area contributed by atoms with E-state index >= 15 is 0 Å². The van der Waals surface area contributed by atoms with Gasteiger partial charge in [0.1, 0.15) is 0 Å². The van der Waals surface area contributed by atoms with Gasteiger partial charge in [0.15, 0.2) is 0 Å². The molecular weight excluding hydrogens is 330 g/mol. The first-order valence-corrected chi connectivity index (χ1v) is 9.05. The Morgan fingerprint density at radius 3 is 2.72 bits per heavy atom. The third-order valence-electron chi connectivity index (χ3n) is 4.13. The number of nitrogens with zero attached hydrogens (tertiary/aromatic N) is 1. The lowest BCUT2D eigenvalue weighted by molar-refractivity contribution is 0.238.